The molecule has 0 atom stereocenters. The van der Waals surface area contributed by atoms with E-state index in [0.29, 0.717) is 18.8 Å². The first-order chi connectivity index (χ1) is 11.4. The van der Waals surface area contributed by atoms with E-state index >= 15 is 0 Å². The van der Waals surface area contributed by atoms with Crippen molar-refractivity contribution in [3.8, 4) is 0 Å². The molecule has 1 aromatic heterocycles. The Balaban J connectivity index is 1.89. The number of hydrogen-bond acceptors (Lipinski definition) is 4. The molecule has 0 radical (unpaired) electrons. The minimum atomic E-state index is -3.60. The van der Waals surface area contributed by atoms with Gasteiger partial charge in [0.15, 0.2) is 0 Å². The van der Waals surface area contributed by atoms with Crippen molar-refractivity contribution in [1.82, 2.24) is 4.31 Å². The number of rotatable bonds is 4. The zero-order valence-corrected chi connectivity index (χ0v) is 15.3. The van der Waals surface area contributed by atoms with E-state index in [-0.39, 0.29) is 15.7 Å². The summed E-state index contributed by atoms with van der Waals surface area (Å²) in [7, 11) is -3.60. The summed E-state index contributed by atoms with van der Waals surface area (Å²) >= 11 is 1.15. The van der Waals surface area contributed by atoms with Crippen LogP contribution in [0.2, 0.25) is 0 Å². The second kappa shape index (κ2) is 6.66. The van der Waals surface area contributed by atoms with Crippen molar-refractivity contribution in [1.29, 1.82) is 0 Å². The van der Waals surface area contributed by atoms with Gasteiger partial charge in [0.2, 0.25) is 10.0 Å². The van der Waals surface area contributed by atoms with Gasteiger partial charge in [-0.1, -0.05) is 12.1 Å². The molecule has 1 aliphatic rings. The smallest absolute Gasteiger partial charge is 0.267 e. The molecule has 0 spiro atoms. The van der Waals surface area contributed by atoms with E-state index in [1.165, 1.54) is 10.4 Å². The van der Waals surface area contributed by atoms with Crippen molar-refractivity contribution in [2.45, 2.75) is 31.6 Å². The Morgan fingerprint density at radius 1 is 1.17 bits per heavy atom. The lowest BCUT2D eigenvalue weighted by atomic mass is 10.1. The van der Waals surface area contributed by atoms with Crippen LogP contribution >= 0.6 is 11.3 Å². The largest absolute Gasteiger partial charge is 0.321 e. The van der Waals surface area contributed by atoms with E-state index in [4.69, 9.17) is 0 Å². The lowest BCUT2D eigenvalue weighted by Gasteiger charge is -2.16. The molecule has 2 aromatic rings. The van der Waals surface area contributed by atoms with Gasteiger partial charge >= 0.3 is 0 Å². The molecule has 1 aromatic carbocycles. The highest BCUT2D eigenvalue weighted by Gasteiger charge is 2.31. The standard InChI is InChI=1S/C17H20N2O3S2/c1-12-5-6-13(2)14(11-12)18-17(20)16-15(7-10-23-16)24(21,22)19-8-3-4-9-19/h5-7,10-11H,3-4,8-9H2,1-2H3,(H,18,20). The van der Waals surface area contributed by atoms with Crippen LogP contribution in [0.4, 0.5) is 5.69 Å². The number of thiophene rings is 1. The highest BCUT2D eigenvalue weighted by molar-refractivity contribution is 7.89. The molecule has 1 saturated heterocycles. The van der Waals surface area contributed by atoms with E-state index in [1.807, 2.05) is 32.0 Å². The van der Waals surface area contributed by atoms with Gasteiger partial charge in [-0.15, -0.1) is 11.3 Å². The third-order valence-corrected chi connectivity index (χ3v) is 7.14. The Kier molecular flexibility index (Phi) is 4.76. The summed E-state index contributed by atoms with van der Waals surface area (Å²) in [4.78, 5) is 13.0. The molecule has 2 heterocycles. The molecular weight excluding hydrogens is 344 g/mol. The first kappa shape index (κ1) is 17.1. The van der Waals surface area contributed by atoms with E-state index in [0.717, 1.165) is 35.3 Å². The van der Waals surface area contributed by atoms with E-state index in [9.17, 15) is 13.2 Å². The van der Waals surface area contributed by atoms with Crippen LogP contribution < -0.4 is 5.32 Å². The highest BCUT2D eigenvalue weighted by Crippen LogP contribution is 2.28. The van der Waals surface area contributed by atoms with Gasteiger partial charge in [0.05, 0.1) is 0 Å². The van der Waals surface area contributed by atoms with Gasteiger partial charge < -0.3 is 5.32 Å². The molecule has 0 aliphatic carbocycles. The zero-order valence-electron chi connectivity index (χ0n) is 13.7. The van der Waals surface area contributed by atoms with E-state index in [2.05, 4.69) is 5.32 Å². The van der Waals surface area contributed by atoms with Crippen molar-refractivity contribution in [2.24, 2.45) is 0 Å². The number of hydrogen-bond donors (Lipinski definition) is 1. The third-order valence-electron chi connectivity index (χ3n) is 4.16. The predicted octanol–water partition coefficient (Wildman–Crippen LogP) is 3.40. The van der Waals surface area contributed by atoms with Crippen LogP contribution in [0.1, 0.15) is 33.6 Å². The molecule has 1 N–H and O–H groups in total. The highest BCUT2D eigenvalue weighted by atomic mass is 32.2. The summed E-state index contributed by atoms with van der Waals surface area (Å²) in [5.41, 5.74) is 2.68. The maximum atomic E-state index is 12.7. The van der Waals surface area contributed by atoms with Crippen LogP contribution in [0.3, 0.4) is 0 Å². The van der Waals surface area contributed by atoms with Gasteiger partial charge in [0.1, 0.15) is 9.77 Å². The summed E-state index contributed by atoms with van der Waals surface area (Å²) in [6.45, 7) is 4.90. The van der Waals surface area contributed by atoms with Crippen molar-refractivity contribution >= 4 is 33.0 Å². The number of amides is 1. The van der Waals surface area contributed by atoms with Crippen molar-refractivity contribution < 1.29 is 13.2 Å². The van der Waals surface area contributed by atoms with Crippen LogP contribution in [0, 0.1) is 13.8 Å². The number of benzene rings is 1. The maximum absolute atomic E-state index is 12.7. The van der Waals surface area contributed by atoms with Crippen molar-refractivity contribution in [2.75, 3.05) is 18.4 Å². The minimum absolute atomic E-state index is 0.109. The van der Waals surface area contributed by atoms with Crippen LogP contribution in [0.5, 0.6) is 0 Å². The number of carbonyl (C=O) groups is 1. The molecule has 0 bridgehead atoms. The SMILES string of the molecule is Cc1ccc(C)c(NC(=O)c2sccc2S(=O)(=O)N2CCCC2)c1. The monoisotopic (exact) mass is 364 g/mol. The Morgan fingerprint density at radius 2 is 1.88 bits per heavy atom. The van der Waals surface area contributed by atoms with Gasteiger partial charge in [-0.2, -0.15) is 4.31 Å². The minimum Gasteiger partial charge on any atom is -0.321 e. The second-order valence-electron chi connectivity index (χ2n) is 6.00. The molecule has 24 heavy (non-hydrogen) atoms. The number of nitrogens with zero attached hydrogens (tertiary/aromatic N) is 1. The number of aryl methyl sites for hydroxylation is 2. The summed E-state index contributed by atoms with van der Waals surface area (Å²) < 4.78 is 27.0. The Bertz CT molecular complexity index is 866. The Morgan fingerprint density at radius 3 is 2.58 bits per heavy atom. The van der Waals surface area contributed by atoms with Crippen LogP contribution in [0.25, 0.3) is 0 Å². The van der Waals surface area contributed by atoms with Gasteiger partial charge in [-0.05, 0) is 55.3 Å². The van der Waals surface area contributed by atoms with Crippen LogP contribution in [0.15, 0.2) is 34.5 Å². The summed E-state index contributed by atoms with van der Waals surface area (Å²) in [5, 5.41) is 4.50. The van der Waals surface area contributed by atoms with Gasteiger partial charge in [-0.3, -0.25) is 4.79 Å². The van der Waals surface area contributed by atoms with Gasteiger partial charge in [-0.25, -0.2) is 8.42 Å². The van der Waals surface area contributed by atoms with Gasteiger partial charge in [0.25, 0.3) is 5.91 Å². The quantitative estimate of drug-likeness (QED) is 0.904. The first-order valence-corrected chi connectivity index (χ1v) is 10.2. The predicted molar refractivity (Wildman–Crippen MR) is 96.2 cm³/mol. The van der Waals surface area contributed by atoms with Crippen LogP contribution in [-0.4, -0.2) is 31.7 Å². The molecule has 7 heteroatoms. The zero-order chi connectivity index (χ0) is 17.3. The topological polar surface area (TPSA) is 66.5 Å². The fourth-order valence-electron chi connectivity index (χ4n) is 2.78. The Hall–Kier alpha value is -1.70. The lowest BCUT2D eigenvalue weighted by Crippen LogP contribution is -2.29. The average Bonchev–Trinajstić information content (AvgIpc) is 3.21. The number of sulfonamides is 1. The molecular formula is C17H20N2O3S2. The summed E-state index contributed by atoms with van der Waals surface area (Å²) in [6, 6.07) is 7.31. The molecule has 1 amide bonds. The molecule has 3 rings (SSSR count). The van der Waals surface area contributed by atoms with Crippen molar-refractivity contribution in [3.05, 3.63) is 45.6 Å². The lowest BCUT2D eigenvalue weighted by molar-refractivity contribution is 0.102. The second-order valence-corrected chi connectivity index (χ2v) is 8.82. The van der Waals surface area contributed by atoms with Gasteiger partial charge in [0, 0.05) is 18.8 Å². The fraction of sp³-hybridized carbons (Fsp3) is 0.353. The van der Waals surface area contributed by atoms with Crippen molar-refractivity contribution in [3.63, 3.8) is 0 Å². The number of anilines is 1. The fourth-order valence-corrected chi connectivity index (χ4v) is 5.60. The molecule has 128 valence electrons. The molecule has 1 aliphatic heterocycles. The third kappa shape index (κ3) is 3.24. The van der Waals surface area contributed by atoms with E-state index < -0.39 is 10.0 Å². The molecule has 0 unspecified atom stereocenters. The Labute approximate surface area is 146 Å². The maximum Gasteiger partial charge on any atom is 0.267 e. The number of carbonyl (C=O) groups excluding carboxylic acids is 1. The summed E-state index contributed by atoms with van der Waals surface area (Å²) in [5.74, 6) is -0.378. The molecule has 5 nitrogen and oxygen atoms in total. The van der Waals surface area contributed by atoms with E-state index in [1.54, 1.807) is 5.38 Å². The normalized spacial score (nSPS) is 15.6. The average molecular weight is 364 g/mol. The van der Waals surface area contributed by atoms with Crippen LogP contribution in [-0.2, 0) is 10.0 Å². The molecule has 0 saturated carbocycles. The molecule has 1 fully saturated rings. The first-order valence-electron chi connectivity index (χ1n) is 7.86. The number of nitrogens with one attached hydrogen (secondary N) is 1. The summed E-state index contributed by atoms with van der Waals surface area (Å²) in [6.07, 6.45) is 1.74.